The molecule has 25 heavy (non-hydrogen) atoms. The van der Waals surface area contributed by atoms with E-state index < -0.39 is 16.1 Å². The van der Waals surface area contributed by atoms with Crippen LogP contribution in [0.4, 0.5) is 0 Å². The van der Waals surface area contributed by atoms with Gasteiger partial charge < -0.3 is 4.74 Å². The molecule has 0 radical (unpaired) electrons. The highest BCUT2D eigenvalue weighted by molar-refractivity contribution is 7.89. The average Bonchev–Trinajstić information content (AvgIpc) is 2.72. The highest BCUT2D eigenvalue weighted by Gasteiger charge is 2.36. The summed E-state index contributed by atoms with van der Waals surface area (Å²) in [5.41, 5.74) is 2.37. The maximum Gasteiger partial charge on any atom is 0.243 e. The summed E-state index contributed by atoms with van der Waals surface area (Å²) in [6, 6.07) is 11.2. The summed E-state index contributed by atoms with van der Waals surface area (Å²) in [4.78, 5) is 13.0. The molecule has 0 fully saturated rings. The lowest BCUT2D eigenvalue weighted by atomic mass is 9.99. The molecule has 1 atom stereocenters. The molecule has 1 aliphatic rings. The summed E-state index contributed by atoms with van der Waals surface area (Å²) in [5.74, 6) is 0.472. The molecular formula is C19H21NO4S. The lowest BCUT2D eigenvalue weighted by molar-refractivity contribution is 0.0915. The Labute approximate surface area is 148 Å². The van der Waals surface area contributed by atoms with Crippen molar-refractivity contribution in [2.24, 2.45) is 0 Å². The van der Waals surface area contributed by atoms with Gasteiger partial charge in [-0.15, -0.1) is 0 Å². The molecular weight excluding hydrogens is 338 g/mol. The predicted molar refractivity (Wildman–Crippen MR) is 95.6 cm³/mol. The van der Waals surface area contributed by atoms with Gasteiger partial charge in [-0.2, -0.15) is 4.31 Å². The molecule has 1 aliphatic heterocycles. The lowest BCUT2D eigenvalue weighted by Gasteiger charge is -2.25. The van der Waals surface area contributed by atoms with Crippen LogP contribution in [0.25, 0.3) is 0 Å². The second-order valence-corrected chi connectivity index (χ2v) is 8.13. The summed E-state index contributed by atoms with van der Waals surface area (Å²) in [6.45, 7) is 3.80. The Morgan fingerprint density at radius 1 is 1.12 bits per heavy atom. The maximum absolute atomic E-state index is 13.0. The van der Waals surface area contributed by atoms with E-state index in [1.54, 1.807) is 50.4 Å². The van der Waals surface area contributed by atoms with Crippen molar-refractivity contribution in [3.63, 3.8) is 0 Å². The van der Waals surface area contributed by atoms with Crippen LogP contribution in [0, 0.1) is 6.92 Å². The lowest BCUT2D eigenvalue weighted by Crippen LogP contribution is -2.42. The van der Waals surface area contributed by atoms with Gasteiger partial charge in [-0.25, -0.2) is 8.42 Å². The van der Waals surface area contributed by atoms with E-state index in [-0.39, 0.29) is 17.2 Å². The van der Waals surface area contributed by atoms with Crippen LogP contribution in [-0.2, 0) is 16.4 Å². The number of aryl methyl sites for hydroxylation is 1. The predicted octanol–water partition coefficient (Wildman–Crippen LogP) is 2.82. The second kappa shape index (κ2) is 6.61. The average molecular weight is 359 g/mol. The minimum Gasteiger partial charge on any atom is -0.497 e. The molecule has 1 heterocycles. The van der Waals surface area contributed by atoms with Crippen molar-refractivity contribution in [1.29, 1.82) is 0 Å². The molecule has 0 N–H and O–H groups in total. The van der Waals surface area contributed by atoms with Crippen LogP contribution in [-0.4, -0.2) is 38.2 Å². The molecule has 132 valence electrons. The first kappa shape index (κ1) is 17.6. The molecule has 6 heteroatoms. The molecule has 0 bridgehead atoms. The van der Waals surface area contributed by atoms with Crippen LogP contribution in [0.3, 0.4) is 0 Å². The van der Waals surface area contributed by atoms with E-state index in [0.29, 0.717) is 17.7 Å². The molecule has 0 saturated carbocycles. The molecule has 0 unspecified atom stereocenters. The largest absolute Gasteiger partial charge is 0.497 e. The van der Waals surface area contributed by atoms with Gasteiger partial charge >= 0.3 is 0 Å². The summed E-state index contributed by atoms with van der Waals surface area (Å²) >= 11 is 0. The Morgan fingerprint density at radius 2 is 1.80 bits per heavy atom. The van der Waals surface area contributed by atoms with E-state index in [1.807, 2.05) is 13.0 Å². The molecule has 5 nitrogen and oxygen atoms in total. The number of nitrogens with zero attached hydrogens (tertiary/aromatic N) is 1. The minimum absolute atomic E-state index is 0.189. The van der Waals surface area contributed by atoms with Gasteiger partial charge in [-0.05, 0) is 56.2 Å². The topological polar surface area (TPSA) is 63.7 Å². The summed E-state index contributed by atoms with van der Waals surface area (Å²) in [7, 11) is -2.17. The smallest absolute Gasteiger partial charge is 0.243 e. The van der Waals surface area contributed by atoms with Crippen molar-refractivity contribution in [2.45, 2.75) is 31.2 Å². The van der Waals surface area contributed by atoms with Crippen LogP contribution >= 0.6 is 0 Å². The molecule has 0 spiro atoms. The van der Waals surface area contributed by atoms with Crippen LogP contribution in [0.2, 0.25) is 0 Å². The molecule has 2 aromatic rings. The van der Waals surface area contributed by atoms with Crippen molar-refractivity contribution < 1.29 is 17.9 Å². The number of carbonyl (C=O) groups is 1. The first-order valence-electron chi connectivity index (χ1n) is 8.14. The molecule has 2 aromatic carbocycles. The van der Waals surface area contributed by atoms with Gasteiger partial charge in [0.2, 0.25) is 10.0 Å². The van der Waals surface area contributed by atoms with Gasteiger partial charge in [0.1, 0.15) is 5.75 Å². The minimum atomic E-state index is -3.74. The van der Waals surface area contributed by atoms with Crippen LogP contribution in [0.1, 0.15) is 28.4 Å². The van der Waals surface area contributed by atoms with Crippen LogP contribution in [0.15, 0.2) is 47.4 Å². The Hall–Kier alpha value is -2.18. The van der Waals surface area contributed by atoms with Crippen molar-refractivity contribution in [2.75, 3.05) is 13.7 Å². The van der Waals surface area contributed by atoms with Gasteiger partial charge in [0, 0.05) is 12.1 Å². The number of carbonyl (C=O) groups excluding carboxylic acids is 1. The Balaban J connectivity index is 2.00. The van der Waals surface area contributed by atoms with Gasteiger partial charge in [0.25, 0.3) is 0 Å². The molecule has 0 saturated heterocycles. The Morgan fingerprint density at radius 3 is 2.44 bits per heavy atom. The van der Waals surface area contributed by atoms with E-state index in [1.165, 1.54) is 4.31 Å². The van der Waals surface area contributed by atoms with E-state index >= 15 is 0 Å². The van der Waals surface area contributed by atoms with E-state index in [9.17, 15) is 13.2 Å². The fourth-order valence-electron chi connectivity index (χ4n) is 3.10. The number of rotatable bonds is 3. The van der Waals surface area contributed by atoms with Crippen molar-refractivity contribution >= 4 is 15.8 Å². The second-order valence-electron chi connectivity index (χ2n) is 6.24. The number of ketones is 1. The van der Waals surface area contributed by atoms with Crippen LogP contribution < -0.4 is 4.74 Å². The SMILES string of the molecule is COc1ccc2c(c1)CCN(S(=O)(=O)c1ccc(C)cc1)[C@@H](C)C2=O. The van der Waals surface area contributed by atoms with E-state index in [4.69, 9.17) is 4.74 Å². The number of Topliss-reactive ketones (excluding diaryl/α,β-unsaturated/α-hetero) is 1. The van der Waals surface area contributed by atoms with Crippen molar-refractivity contribution in [1.82, 2.24) is 4.31 Å². The maximum atomic E-state index is 13.0. The fourth-order valence-corrected chi connectivity index (χ4v) is 4.69. The first-order valence-corrected chi connectivity index (χ1v) is 9.58. The molecule has 3 rings (SSSR count). The number of sulfonamides is 1. The third-order valence-electron chi connectivity index (χ3n) is 4.62. The first-order chi connectivity index (χ1) is 11.8. The van der Waals surface area contributed by atoms with Gasteiger partial charge in [0.05, 0.1) is 18.0 Å². The number of hydrogen-bond donors (Lipinski definition) is 0. The number of hydrogen-bond acceptors (Lipinski definition) is 4. The summed E-state index contributed by atoms with van der Waals surface area (Å²) in [5, 5.41) is 0. The van der Waals surface area contributed by atoms with Gasteiger partial charge in [0.15, 0.2) is 5.78 Å². The Bertz CT molecular complexity index is 904. The standard InChI is InChI=1S/C19H21NO4S/c1-13-4-7-17(8-5-13)25(22,23)20-11-10-15-12-16(24-3)6-9-18(15)19(21)14(20)2/h4-9,12,14H,10-11H2,1-3H3/t14-/m0/s1. The molecule has 0 amide bonds. The summed E-state index contributed by atoms with van der Waals surface area (Å²) in [6.07, 6.45) is 0.466. The third kappa shape index (κ3) is 3.19. The summed E-state index contributed by atoms with van der Waals surface area (Å²) < 4.78 is 32.6. The highest BCUT2D eigenvalue weighted by Crippen LogP contribution is 2.28. The number of methoxy groups -OCH3 is 1. The monoisotopic (exact) mass is 359 g/mol. The van der Waals surface area contributed by atoms with Crippen molar-refractivity contribution in [3.8, 4) is 5.75 Å². The van der Waals surface area contributed by atoms with Crippen LogP contribution in [0.5, 0.6) is 5.75 Å². The molecule has 0 aromatic heterocycles. The molecule has 0 aliphatic carbocycles. The zero-order chi connectivity index (χ0) is 18.2. The van der Waals surface area contributed by atoms with E-state index in [0.717, 1.165) is 11.1 Å². The zero-order valence-electron chi connectivity index (χ0n) is 14.5. The highest BCUT2D eigenvalue weighted by atomic mass is 32.2. The van der Waals surface area contributed by atoms with Gasteiger partial charge in [-0.3, -0.25) is 4.79 Å². The number of benzene rings is 2. The number of fused-ring (bicyclic) bond motifs is 1. The number of ether oxygens (including phenoxy) is 1. The quantitative estimate of drug-likeness (QED) is 0.845. The van der Waals surface area contributed by atoms with Crippen molar-refractivity contribution in [3.05, 3.63) is 59.2 Å². The fraction of sp³-hybridized carbons (Fsp3) is 0.316. The van der Waals surface area contributed by atoms with E-state index in [2.05, 4.69) is 0 Å². The van der Waals surface area contributed by atoms with Gasteiger partial charge in [-0.1, -0.05) is 17.7 Å². The zero-order valence-corrected chi connectivity index (χ0v) is 15.3. The third-order valence-corrected chi connectivity index (χ3v) is 6.60. The normalized spacial score (nSPS) is 18.5. The Kier molecular flexibility index (Phi) is 4.67.